The predicted molar refractivity (Wildman–Crippen MR) is 119 cm³/mol. The minimum absolute atomic E-state index is 0.237. The lowest BCUT2D eigenvalue weighted by atomic mass is 10.1. The molecule has 3 aromatic rings. The molecule has 0 saturated carbocycles. The molecule has 0 aliphatic rings. The number of anilines is 1. The van der Waals surface area contributed by atoms with Crippen LogP contribution in [0.3, 0.4) is 0 Å². The zero-order chi connectivity index (χ0) is 24.8. The van der Waals surface area contributed by atoms with Crippen molar-refractivity contribution >= 4 is 52.1 Å². The molecule has 0 saturated heterocycles. The lowest BCUT2D eigenvalue weighted by molar-refractivity contribution is -0.192. The van der Waals surface area contributed by atoms with E-state index in [0.29, 0.717) is 50.1 Å². The number of hydrogen-bond donors (Lipinski definition) is 3. The van der Waals surface area contributed by atoms with Gasteiger partial charge in [0.15, 0.2) is 0 Å². The average molecular weight is 525 g/mol. The van der Waals surface area contributed by atoms with E-state index in [-0.39, 0.29) is 5.91 Å². The number of hydrogen-bond acceptors (Lipinski definition) is 6. The number of nitrogens with two attached hydrogens (primary N) is 1. The van der Waals surface area contributed by atoms with E-state index < -0.39 is 12.1 Å². The third-order valence-electron chi connectivity index (χ3n) is 3.80. The molecule has 0 atom stereocenters. The molecule has 8 nitrogen and oxygen atoms in total. The van der Waals surface area contributed by atoms with E-state index in [1.54, 1.807) is 48.3 Å². The van der Waals surface area contributed by atoms with Crippen molar-refractivity contribution < 1.29 is 32.6 Å². The minimum Gasteiger partial charge on any atom is -0.492 e. The monoisotopic (exact) mass is 524 g/mol. The van der Waals surface area contributed by atoms with Crippen LogP contribution in [0.5, 0.6) is 5.75 Å². The molecule has 1 aromatic carbocycles. The Labute approximate surface area is 199 Å². The molecule has 0 bridgehead atoms. The maximum Gasteiger partial charge on any atom is 0.490 e. The number of carbonyl (C=O) groups excluding carboxylic acids is 1. The largest absolute Gasteiger partial charge is 0.492 e. The first kappa shape index (κ1) is 26.5. The van der Waals surface area contributed by atoms with Gasteiger partial charge in [-0.2, -0.15) is 18.3 Å². The van der Waals surface area contributed by atoms with Crippen molar-refractivity contribution in [3.63, 3.8) is 0 Å². The fraction of sp³-hybridized carbons (Fsp3) is 0.211. The van der Waals surface area contributed by atoms with Crippen LogP contribution >= 0.6 is 34.5 Å². The number of carbonyl (C=O) groups is 2. The number of benzene rings is 1. The number of alkyl halides is 3. The van der Waals surface area contributed by atoms with Crippen LogP contribution < -0.4 is 15.8 Å². The maximum absolute atomic E-state index is 12.4. The van der Waals surface area contributed by atoms with Gasteiger partial charge in [-0.3, -0.25) is 9.48 Å². The van der Waals surface area contributed by atoms with Crippen LogP contribution in [-0.4, -0.2) is 46.1 Å². The Bertz CT molecular complexity index is 1120. The Kier molecular flexibility index (Phi) is 9.11. The topological polar surface area (TPSA) is 119 Å². The lowest BCUT2D eigenvalue weighted by Gasteiger charge is -2.14. The number of aromatic nitrogens is 2. The van der Waals surface area contributed by atoms with Crippen LogP contribution in [0.2, 0.25) is 9.36 Å². The van der Waals surface area contributed by atoms with Crippen molar-refractivity contribution in [2.75, 3.05) is 18.5 Å². The zero-order valence-corrected chi connectivity index (χ0v) is 19.1. The number of nitrogens with zero attached hydrogens (tertiary/aromatic N) is 2. The fourth-order valence-electron chi connectivity index (χ4n) is 2.43. The average Bonchev–Trinajstić information content (AvgIpc) is 3.32. The van der Waals surface area contributed by atoms with E-state index in [0.717, 1.165) is 0 Å². The maximum atomic E-state index is 12.4. The van der Waals surface area contributed by atoms with Gasteiger partial charge in [0, 0.05) is 24.8 Å². The molecule has 33 heavy (non-hydrogen) atoms. The molecular formula is C19H17Cl2F3N4O4S. The van der Waals surface area contributed by atoms with Crippen LogP contribution in [0, 0.1) is 0 Å². The van der Waals surface area contributed by atoms with E-state index >= 15 is 0 Å². The first-order valence-electron chi connectivity index (χ1n) is 8.95. The van der Waals surface area contributed by atoms with Gasteiger partial charge in [0.25, 0.3) is 5.91 Å². The van der Waals surface area contributed by atoms with Crippen LogP contribution in [0.1, 0.15) is 9.67 Å². The van der Waals surface area contributed by atoms with Crippen molar-refractivity contribution in [1.82, 2.24) is 9.78 Å². The van der Waals surface area contributed by atoms with E-state index in [1.165, 1.54) is 11.3 Å². The number of amides is 1. The minimum atomic E-state index is -5.08. The van der Waals surface area contributed by atoms with Crippen molar-refractivity contribution in [2.24, 2.45) is 12.8 Å². The quantitative estimate of drug-likeness (QED) is 0.430. The van der Waals surface area contributed by atoms with Gasteiger partial charge in [-0.25, -0.2) is 4.79 Å². The summed E-state index contributed by atoms with van der Waals surface area (Å²) in [5, 5.41) is 14.6. The van der Waals surface area contributed by atoms with Crippen LogP contribution in [0.15, 0.2) is 36.5 Å². The molecule has 0 fully saturated rings. The van der Waals surface area contributed by atoms with E-state index in [1.807, 2.05) is 0 Å². The van der Waals surface area contributed by atoms with E-state index in [2.05, 4.69) is 10.4 Å². The number of aryl methyl sites for hydroxylation is 1. The zero-order valence-electron chi connectivity index (χ0n) is 16.8. The number of nitrogens with one attached hydrogen (secondary N) is 1. The summed E-state index contributed by atoms with van der Waals surface area (Å²) in [6.45, 7) is 0.748. The highest BCUT2D eigenvalue weighted by atomic mass is 35.5. The van der Waals surface area contributed by atoms with Crippen LogP contribution in [-0.2, 0) is 11.8 Å². The van der Waals surface area contributed by atoms with Gasteiger partial charge in [0.2, 0.25) is 0 Å². The molecule has 2 aromatic heterocycles. The molecule has 3 rings (SSSR count). The van der Waals surface area contributed by atoms with E-state index in [9.17, 15) is 18.0 Å². The van der Waals surface area contributed by atoms with Gasteiger partial charge in [-0.15, -0.1) is 11.3 Å². The molecule has 178 valence electrons. The molecule has 0 spiro atoms. The molecule has 1 amide bonds. The lowest BCUT2D eigenvalue weighted by Crippen LogP contribution is -2.21. The van der Waals surface area contributed by atoms with Gasteiger partial charge in [0.05, 0.1) is 26.1 Å². The Morgan fingerprint density at radius 1 is 1.27 bits per heavy atom. The Hall–Kier alpha value is -2.80. The van der Waals surface area contributed by atoms with Gasteiger partial charge in [-0.05, 0) is 30.3 Å². The van der Waals surface area contributed by atoms with Gasteiger partial charge in [0.1, 0.15) is 12.4 Å². The van der Waals surface area contributed by atoms with Crippen LogP contribution in [0.25, 0.3) is 11.3 Å². The highest BCUT2D eigenvalue weighted by Gasteiger charge is 2.38. The highest BCUT2D eigenvalue weighted by Crippen LogP contribution is 2.36. The summed E-state index contributed by atoms with van der Waals surface area (Å²) >= 11 is 13.4. The second-order valence-electron chi connectivity index (χ2n) is 6.17. The smallest absolute Gasteiger partial charge is 0.490 e. The van der Waals surface area contributed by atoms with Crippen molar-refractivity contribution in [2.45, 2.75) is 6.18 Å². The highest BCUT2D eigenvalue weighted by molar-refractivity contribution is 7.18. The molecule has 0 aliphatic carbocycles. The third kappa shape index (κ3) is 7.35. The summed E-state index contributed by atoms with van der Waals surface area (Å²) < 4.78 is 39.7. The fourth-order valence-corrected chi connectivity index (χ4v) is 3.64. The van der Waals surface area contributed by atoms with Crippen LogP contribution in [0.4, 0.5) is 18.9 Å². The SMILES string of the molecule is Cn1ncc(Cl)c1-c1cc(NC(=O)c2ccc(Cl)s2)ccc1OCCN.O=C(O)C(F)(F)F. The number of thiophene rings is 1. The Morgan fingerprint density at radius 3 is 2.42 bits per heavy atom. The number of rotatable bonds is 6. The van der Waals surface area contributed by atoms with Gasteiger partial charge < -0.3 is 20.9 Å². The standard InChI is InChI=1S/C17H16Cl2N4O2S.C2HF3O2/c1-23-16(12(18)9-21-23)11-8-10(2-3-13(11)25-7-6-20)22-17(24)14-4-5-15(19)26-14;3-2(4,5)1(6)7/h2-5,8-9H,6-7,20H2,1H3,(H,22,24);(H,6,7). The Balaban J connectivity index is 0.000000479. The number of ether oxygens (including phenoxy) is 1. The third-order valence-corrected chi connectivity index (χ3v) is 5.31. The van der Waals surface area contributed by atoms with Gasteiger partial charge in [-0.1, -0.05) is 23.2 Å². The molecule has 0 unspecified atom stereocenters. The van der Waals surface area contributed by atoms with Gasteiger partial charge >= 0.3 is 12.1 Å². The molecule has 0 radical (unpaired) electrons. The second kappa shape index (κ2) is 11.4. The number of aliphatic carboxylic acids is 1. The summed E-state index contributed by atoms with van der Waals surface area (Å²) in [5.74, 6) is -2.38. The second-order valence-corrected chi connectivity index (χ2v) is 8.30. The summed E-state index contributed by atoms with van der Waals surface area (Å²) in [7, 11) is 1.78. The van der Waals surface area contributed by atoms with E-state index in [4.69, 9.17) is 43.6 Å². The molecule has 2 heterocycles. The molecular weight excluding hydrogens is 508 g/mol. The summed E-state index contributed by atoms with van der Waals surface area (Å²) in [6, 6.07) is 8.69. The Morgan fingerprint density at radius 2 is 1.94 bits per heavy atom. The predicted octanol–water partition coefficient (Wildman–Crippen LogP) is 4.68. The summed E-state index contributed by atoms with van der Waals surface area (Å²) in [5.41, 5.74) is 7.54. The summed E-state index contributed by atoms with van der Waals surface area (Å²) in [4.78, 5) is 21.8. The van der Waals surface area contributed by atoms with Crippen molar-refractivity contribution in [3.8, 4) is 17.0 Å². The molecule has 0 aliphatic heterocycles. The molecule has 14 heteroatoms. The number of carboxylic acids is 1. The summed E-state index contributed by atoms with van der Waals surface area (Å²) in [6.07, 6.45) is -3.53. The van der Waals surface area contributed by atoms with Crippen molar-refractivity contribution in [3.05, 3.63) is 50.8 Å². The van der Waals surface area contributed by atoms with Crippen molar-refractivity contribution in [1.29, 1.82) is 0 Å². The molecule has 4 N–H and O–H groups in total. The first-order chi connectivity index (χ1) is 15.4. The normalized spacial score (nSPS) is 10.9. The first-order valence-corrected chi connectivity index (χ1v) is 10.5. The number of carboxylic acid groups (broad SMARTS) is 1. The number of halogens is 5.